The molecule has 0 bridgehead atoms. The zero-order valence-corrected chi connectivity index (χ0v) is 8.45. The van der Waals surface area contributed by atoms with E-state index in [9.17, 15) is 9.59 Å². The van der Waals surface area contributed by atoms with Crippen LogP contribution >= 0.6 is 11.6 Å². The third-order valence-electron chi connectivity index (χ3n) is 1.39. The lowest BCUT2D eigenvalue weighted by Crippen LogP contribution is -2.39. The number of aromatic nitrogens is 2. The van der Waals surface area contributed by atoms with Crippen molar-refractivity contribution in [2.45, 2.75) is 13.0 Å². The monoisotopic (exact) mass is 232 g/mol. The fourth-order valence-electron chi connectivity index (χ4n) is 0.749. The second-order valence-corrected chi connectivity index (χ2v) is 2.90. The van der Waals surface area contributed by atoms with Gasteiger partial charge in [-0.25, -0.2) is 4.79 Å². The van der Waals surface area contributed by atoms with Gasteiger partial charge < -0.3 is 9.84 Å². The highest BCUT2D eigenvalue weighted by Gasteiger charge is 2.07. The van der Waals surface area contributed by atoms with E-state index in [4.69, 9.17) is 11.6 Å². The zero-order valence-electron chi connectivity index (χ0n) is 7.70. The summed E-state index contributed by atoms with van der Waals surface area (Å²) in [5.41, 5.74) is 0. The predicted molar refractivity (Wildman–Crippen MR) is 50.0 cm³/mol. The summed E-state index contributed by atoms with van der Waals surface area (Å²) < 4.78 is 4.45. The fraction of sp³-hybridized carbons (Fsp3) is 0.429. The summed E-state index contributed by atoms with van der Waals surface area (Å²) in [5, 5.41) is 7.93. The smallest absolute Gasteiger partial charge is 0.321 e. The summed E-state index contributed by atoms with van der Waals surface area (Å²) in [7, 11) is 0. The topological polar surface area (TPSA) is 97.1 Å². The van der Waals surface area contributed by atoms with Crippen LogP contribution < -0.4 is 10.6 Å². The zero-order chi connectivity index (χ0) is 11.1. The van der Waals surface area contributed by atoms with Crippen molar-refractivity contribution >= 4 is 23.5 Å². The molecule has 0 aromatic carbocycles. The summed E-state index contributed by atoms with van der Waals surface area (Å²) in [5.74, 6) is 0.0646. The van der Waals surface area contributed by atoms with E-state index in [0.717, 1.165) is 6.39 Å². The maximum absolute atomic E-state index is 11.1. The minimum Gasteiger partial charge on any atom is -0.343 e. The van der Waals surface area contributed by atoms with Crippen molar-refractivity contribution in [3.05, 3.63) is 12.2 Å². The Bertz CT molecular complexity index is 327. The number of halogens is 1. The number of urea groups is 1. The molecular weight excluding hydrogens is 224 g/mol. The van der Waals surface area contributed by atoms with E-state index >= 15 is 0 Å². The van der Waals surface area contributed by atoms with E-state index in [1.165, 1.54) is 0 Å². The minimum absolute atomic E-state index is 0.0937. The van der Waals surface area contributed by atoms with Gasteiger partial charge in [-0.15, -0.1) is 11.6 Å². The van der Waals surface area contributed by atoms with Crippen molar-refractivity contribution in [1.29, 1.82) is 0 Å². The molecule has 0 saturated heterocycles. The van der Waals surface area contributed by atoms with E-state index in [0.29, 0.717) is 5.82 Å². The molecule has 1 aromatic rings. The molecule has 3 amide bonds. The standard InChI is InChI=1S/C7H9ClN4O3/c8-2-1-6(13)11-7(14)9-3-5-10-4-15-12-5/h4H,1-3H2,(H2,9,11,13,14). The summed E-state index contributed by atoms with van der Waals surface area (Å²) in [6.07, 6.45) is 1.24. The van der Waals surface area contributed by atoms with E-state index in [2.05, 4.69) is 25.3 Å². The molecule has 15 heavy (non-hydrogen) atoms. The van der Waals surface area contributed by atoms with Crippen molar-refractivity contribution in [2.24, 2.45) is 0 Å². The Labute approximate surface area is 90.2 Å². The number of hydrogen-bond donors (Lipinski definition) is 2. The van der Waals surface area contributed by atoms with E-state index in [1.807, 2.05) is 0 Å². The Morgan fingerprint density at radius 1 is 1.53 bits per heavy atom. The number of hydrogen-bond acceptors (Lipinski definition) is 5. The number of nitrogens with one attached hydrogen (secondary N) is 2. The van der Waals surface area contributed by atoms with Gasteiger partial charge in [-0.1, -0.05) is 5.16 Å². The molecule has 0 spiro atoms. The predicted octanol–water partition coefficient (Wildman–Crippen LogP) is 0.0243. The lowest BCUT2D eigenvalue weighted by Gasteiger charge is -2.02. The molecule has 0 atom stereocenters. The third kappa shape index (κ3) is 4.41. The van der Waals surface area contributed by atoms with Gasteiger partial charge in [0.25, 0.3) is 0 Å². The Kier molecular flexibility index (Phi) is 4.55. The van der Waals surface area contributed by atoms with Gasteiger partial charge in [-0.3, -0.25) is 10.1 Å². The molecule has 8 heteroatoms. The number of carbonyl (C=O) groups is 2. The first-order chi connectivity index (χ1) is 7.22. The molecule has 0 aliphatic carbocycles. The summed E-state index contributed by atoms with van der Waals surface area (Å²) in [4.78, 5) is 25.6. The molecule has 0 saturated carbocycles. The lowest BCUT2D eigenvalue weighted by molar-refractivity contribution is -0.119. The molecule has 1 rings (SSSR count). The van der Waals surface area contributed by atoms with Crippen LogP contribution in [0.15, 0.2) is 10.9 Å². The van der Waals surface area contributed by atoms with Crippen LogP contribution in [0.2, 0.25) is 0 Å². The fourth-order valence-corrected chi connectivity index (χ4v) is 0.920. The van der Waals surface area contributed by atoms with Crippen molar-refractivity contribution in [3.63, 3.8) is 0 Å². The van der Waals surface area contributed by atoms with Crippen LogP contribution in [0.25, 0.3) is 0 Å². The van der Waals surface area contributed by atoms with Crippen LogP contribution in [0.1, 0.15) is 12.2 Å². The van der Waals surface area contributed by atoms with Crippen molar-refractivity contribution in [1.82, 2.24) is 20.8 Å². The van der Waals surface area contributed by atoms with Gasteiger partial charge in [0.15, 0.2) is 5.82 Å². The molecule has 1 heterocycles. The van der Waals surface area contributed by atoms with Crippen LogP contribution in [0.3, 0.4) is 0 Å². The summed E-state index contributed by atoms with van der Waals surface area (Å²) >= 11 is 5.31. The number of nitrogens with zero attached hydrogens (tertiary/aromatic N) is 2. The first kappa shape index (κ1) is 11.4. The van der Waals surface area contributed by atoms with Gasteiger partial charge in [-0.05, 0) is 0 Å². The van der Waals surface area contributed by atoms with Crippen LogP contribution in [0, 0.1) is 0 Å². The molecule has 0 aliphatic heterocycles. The largest absolute Gasteiger partial charge is 0.343 e. The van der Waals surface area contributed by atoms with Gasteiger partial charge in [0, 0.05) is 12.3 Å². The molecule has 1 aromatic heterocycles. The first-order valence-corrected chi connectivity index (χ1v) is 4.64. The van der Waals surface area contributed by atoms with E-state index in [1.54, 1.807) is 0 Å². The quantitative estimate of drug-likeness (QED) is 0.714. The summed E-state index contributed by atoms with van der Waals surface area (Å²) in [6.45, 7) is 0.0937. The number of amides is 3. The van der Waals surface area contributed by atoms with Gasteiger partial charge in [0.1, 0.15) is 0 Å². The second-order valence-electron chi connectivity index (χ2n) is 2.52. The Hall–Kier alpha value is -1.63. The summed E-state index contributed by atoms with van der Waals surface area (Å²) in [6, 6.07) is -0.616. The normalized spacial score (nSPS) is 9.67. The van der Waals surface area contributed by atoms with Crippen LogP contribution in [-0.2, 0) is 11.3 Å². The third-order valence-corrected chi connectivity index (χ3v) is 1.58. The minimum atomic E-state index is -0.616. The maximum atomic E-state index is 11.1. The van der Waals surface area contributed by atoms with Gasteiger partial charge in [0.05, 0.1) is 6.54 Å². The number of imide groups is 1. The van der Waals surface area contributed by atoms with Crippen molar-refractivity contribution in [3.8, 4) is 0 Å². The number of carbonyl (C=O) groups excluding carboxylic acids is 2. The second kappa shape index (κ2) is 5.97. The van der Waals surface area contributed by atoms with Gasteiger partial charge in [-0.2, -0.15) is 4.98 Å². The Balaban J connectivity index is 2.22. The highest BCUT2D eigenvalue weighted by atomic mass is 35.5. The highest BCUT2D eigenvalue weighted by Crippen LogP contribution is 1.87. The Morgan fingerprint density at radius 3 is 2.93 bits per heavy atom. The van der Waals surface area contributed by atoms with Crippen LogP contribution in [-0.4, -0.2) is 28.0 Å². The van der Waals surface area contributed by atoms with Crippen molar-refractivity contribution in [2.75, 3.05) is 5.88 Å². The Morgan fingerprint density at radius 2 is 2.33 bits per heavy atom. The van der Waals surface area contributed by atoms with Gasteiger partial charge >= 0.3 is 6.03 Å². The number of rotatable bonds is 4. The van der Waals surface area contributed by atoms with E-state index in [-0.39, 0.29) is 18.8 Å². The van der Waals surface area contributed by atoms with Crippen molar-refractivity contribution < 1.29 is 14.1 Å². The average molecular weight is 233 g/mol. The molecular formula is C7H9ClN4O3. The molecule has 0 unspecified atom stereocenters. The molecule has 82 valence electrons. The highest BCUT2D eigenvalue weighted by molar-refractivity contribution is 6.19. The molecule has 0 radical (unpaired) electrons. The number of alkyl halides is 1. The maximum Gasteiger partial charge on any atom is 0.321 e. The molecule has 0 aliphatic rings. The average Bonchev–Trinajstić information content (AvgIpc) is 2.67. The molecule has 0 fully saturated rings. The van der Waals surface area contributed by atoms with Crippen LogP contribution in [0.5, 0.6) is 0 Å². The SMILES string of the molecule is O=C(CCCl)NC(=O)NCc1ncon1. The molecule has 7 nitrogen and oxygen atoms in total. The van der Waals surface area contributed by atoms with Crippen LogP contribution in [0.4, 0.5) is 4.79 Å². The lowest BCUT2D eigenvalue weighted by atomic mass is 10.4. The first-order valence-electron chi connectivity index (χ1n) is 4.11. The van der Waals surface area contributed by atoms with E-state index < -0.39 is 11.9 Å². The molecule has 2 N–H and O–H groups in total. The van der Waals surface area contributed by atoms with Gasteiger partial charge in [0.2, 0.25) is 12.3 Å².